The molecular weight excluding hydrogens is 191 g/mol. The maximum absolute atomic E-state index is 12.7. The van der Waals surface area contributed by atoms with E-state index in [2.05, 4.69) is 16.2 Å². The molecule has 1 aromatic rings. The number of hydrogen-bond donors (Lipinski definition) is 1. The Morgan fingerprint density at radius 3 is 2.80 bits per heavy atom. The zero-order valence-corrected chi connectivity index (χ0v) is 9.00. The number of rotatable bonds is 4. The van der Waals surface area contributed by atoms with Crippen molar-refractivity contribution in [2.45, 2.75) is 32.4 Å². The molecule has 2 nitrogen and oxygen atoms in total. The van der Waals surface area contributed by atoms with E-state index in [0.29, 0.717) is 0 Å². The van der Waals surface area contributed by atoms with Crippen molar-refractivity contribution < 1.29 is 4.39 Å². The molecule has 1 heterocycles. The van der Waals surface area contributed by atoms with Gasteiger partial charge < -0.3 is 0 Å². The van der Waals surface area contributed by atoms with E-state index in [0.717, 1.165) is 12.1 Å². The zero-order valence-electron chi connectivity index (χ0n) is 9.00. The van der Waals surface area contributed by atoms with Crippen LogP contribution in [0.2, 0.25) is 0 Å². The molecule has 2 atom stereocenters. The second-order valence-corrected chi connectivity index (χ2v) is 3.42. The van der Waals surface area contributed by atoms with Crippen molar-refractivity contribution in [2.75, 3.05) is 0 Å². The van der Waals surface area contributed by atoms with Gasteiger partial charge in [-0.15, -0.1) is 6.42 Å². The fourth-order valence-corrected chi connectivity index (χ4v) is 1.36. The Kier molecular flexibility index (Phi) is 4.26. The second-order valence-electron chi connectivity index (χ2n) is 3.42. The fourth-order valence-electron chi connectivity index (χ4n) is 1.36. The highest BCUT2D eigenvalue weighted by Crippen LogP contribution is 2.14. The number of halogens is 1. The van der Waals surface area contributed by atoms with Crippen molar-refractivity contribution in [1.82, 2.24) is 10.3 Å². The SMILES string of the molecule is C#CC(C)NC(CC)c1ccc(F)cn1. The monoisotopic (exact) mass is 206 g/mol. The first-order valence-electron chi connectivity index (χ1n) is 5.01. The lowest BCUT2D eigenvalue weighted by Crippen LogP contribution is -2.29. The van der Waals surface area contributed by atoms with Crippen LogP contribution in [0.1, 0.15) is 32.0 Å². The predicted molar refractivity (Wildman–Crippen MR) is 58.7 cm³/mol. The number of aromatic nitrogens is 1. The maximum atomic E-state index is 12.7. The molecule has 0 aliphatic heterocycles. The van der Waals surface area contributed by atoms with E-state index in [4.69, 9.17) is 6.42 Å². The minimum absolute atomic E-state index is 0.0122. The molecule has 0 spiro atoms. The number of hydrogen-bond acceptors (Lipinski definition) is 2. The summed E-state index contributed by atoms with van der Waals surface area (Å²) in [4.78, 5) is 4.03. The minimum Gasteiger partial charge on any atom is -0.296 e. The Balaban J connectivity index is 2.75. The molecule has 3 heteroatoms. The van der Waals surface area contributed by atoms with E-state index < -0.39 is 0 Å². The molecule has 0 aromatic carbocycles. The third-order valence-corrected chi connectivity index (χ3v) is 2.22. The molecule has 0 aliphatic carbocycles. The van der Waals surface area contributed by atoms with Crippen molar-refractivity contribution in [3.05, 3.63) is 29.8 Å². The van der Waals surface area contributed by atoms with Gasteiger partial charge in [-0.25, -0.2) is 4.39 Å². The molecule has 2 unspecified atom stereocenters. The van der Waals surface area contributed by atoms with Crippen LogP contribution in [0.4, 0.5) is 4.39 Å². The first-order valence-corrected chi connectivity index (χ1v) is 5.01. The van der Waals surface area contributed by atoms with E-state index in [1.165, 1.54) is 12.3 Å². The molecule has 0 fully saturated rings. The van der Waals surface area contributed by atoms with E-state index in [-0.39, 0.29) is 17.9 Å². The van der Waals surface area contributed by atoms with Gasteiger partial charge in [0.2, 0.25) is 0 Å². The summed E-state index contributed by atoms with van der Waals surface area (Å²) in [6.45, 7) is 3.94. The van der Waals surface area contributed by atoms with Gasteiger partial charge in [-0.3, -0.25) is 10.3 Å². The lowest BCUT2D eigenvalue weighted by molar-refractivity contribution is 0.485. The van der Waals surface area contributed by atoms with Gasteiger partial charge in [-0.05, 0) is 25.5 Å². The van der Waals surface area contributed by atoms with Crippen LogP contribution in [-0.2, 0) is 0 Å². The lowest BCUT2D eigenvalue weighted by atomic mass is 10.1. The molecule has 80 valence electrons. The van der Waals surface area contributed by atoms with Gasteiger partial charge in [0.25, 0.3) is 0 Å². The summed E-state index contributed by atoms with van der Waals surface area (Å²) in [6.07, 6.45) is 7.37. The van der Waals surface area contributed by atoms with Crippen LogP contribution < -0.4 is 5.32 Å². The molecule has 0 aliphatic rings. The van der Waals surface area contributed by atoms with Crippen molar-refractivity contribution >= 4 is 0 Å². The Labute approximate surface area is 89.9 Å². The minimum atomic E-state index is -0.321. The summed E-state index contributed by atoms with van der Waals surface area (Å²) >= 11 is 0. The molecule has 1 rings (SSSR count). The van der Waals surface area contributed by atoms with Gasteiger partial charge in [0.1, 0.15) is 5.82 Å². The molecular formula is C12H15FN2. The topological polar surface area (TPSA) is 24.9 Å². The molecule has 0 radical (unpaired) electrons. The van der Waals surface area contributed by atoms with Crippen molar-refractivity contribution in [1.29, 1.82) is 0 Å². The third kappa shape index (κ3) is 3.34. The Morgan fingerprint density at radius 1 is 1.60 bits per heavy atom. The molecule has 1 aromatic heterocycles. The van der Waals surface area contributed by atoms with E-state index in [1.807, 2.05) is 13.8 Å². The molecule has 0 saturated carbocycles. The Morgan fingerprint density at radius 2 is 2.33 bits per heavy atom. The number of nitrogens with one attached hydrogen (secondary N) is 1. The highest BCUT2D eigenvalue weighted by Gasteiger charge is 2.12. The first-order chi connectivity index (χ1) is 7.17. The number of pyridine rings is 1. The largest absolute Gasteiger partial charge is 0.296 e. The van der Waals surface area contributed by atoms with Gasteiger partial charge in [0.15, 0.2) is 0 Å². The van der Waals surface area contributed by atoms with E-state index >= 15 is 0 Å². The summed E-state index contributed by atoms with van der Waals surface area (Å²) in [5, 5.41) is 3.23. The summed E-state index contributed by atoms with van der Waals surface area (Å²) in [5.41, 5.74) is 0.820. The molecule has 0 saturated heterocycles. The van der Waals surface area contributed by atoms with Crippen LogP contribution in [0, 0.1) is 18.2 Å². The Bertz CT molecular complexity index is 340. The summed E-state index contributed by atoms with van der Waals surface area (Å²) < 4.78 is 12.7. The predicted octanol–water partition coefficient (Wildman–Crippen LogP) is 2.28. The van der Waals surface area contributed by atoms with Gasteiger partial charge in [0, 0.05) is 0 Å². The maximum Gasteiger partial charge on any atom is 0.141 e. The van der Waals surface area contributed by atoms with Crippen LogP contribution in [-0.4, -0.2) is 11.0 Å². The van der Waals surface area contributed by atoms with E-state index in [9.17, 15) is 4.39 Å². The van der Waals surface area contributed by atoms with Crippen molar-refractivity contribution in [3.63, 3.8) is 0 Å². The molecule has 15 heavy (non-hydrogen) atoms. The van der Waals surface area contributed by atoms with Gasteiger partial charge >= 0.3 is 0 Å². The average Bonchev–Trinajstić information content (AvgIpc) is 2.27. The van der Waals surface area contributed by atoms with Crippen LogP contribution in [0.15, 0.2) is 18.3 Å². The van der Waals surface area contributed by atoms with Crippen LogP contribution in [0.25, 0.3) is 0 Å². The smallest absolute Gasteiger partial charge is 0.141 e. The third-order valence-electron chi connectivity index (χ3n) is 2.22. The highest BCUT2D eigenvalue weighted by molar-refractivity contribution is 5.11. The van der Waals surface area contributed by atoms with Crippen LogP contribution in [0.5, 0.6) is 0 Å². The average molecular weight is 206 g/mol. The number of terminal acetylenes is 1. The summed E-state index contributed by atoms with van der Waals surface area (Å²) in [6, 6.07) is 3.16. The molecule has 0 bridgehead atoms. The summed E-state index contributed by atoms with van der Waals surface area (Å²) in [5.74, 6) is 2.28. The summed E-state index contributed by atoms with van der Waals surface area (Å²) in [7, 11) is 0. The van der Waals surface area contributed by atoms with E-state index in [1.54, 1.807) is 6.07 Å². The van der Waals surface area contributed by atoms with Crippen molar-refractivity contribution in [3.8, 4) is 12.3 Å². The van der Waals surface area contributed by atoms with Gasteiger partial charge in [-0.2, -0.15) is 0 Å². The van der Waals surface area contributed by atoms with Gasteiger partial charge in [-0.1, -0.05) is 12.8 Å². The first kappa shape index (κ1) is 11.7. The van der Waals surface area contributed by atoms with Gasteiger partial charge in [0.05, 0.1) is 24.0 Å². The standard InChI is InChI=1S/C12H15FN2/c1-4-9(3)15-11(5-2)12-7-6-10(13)8-14-12/h1,6-9,11,15H,5H2,2-3H3. The normalized spacial score (nSPS) is 14.3. The quantitative estimate of drug-likeness (QED) is 0.764. The Hall–Kier alpha value is -1.40. The molecule has 1 N–H and O–H groups in total. The number of nitrogens with zero attached hydrogens (tertiary/aromatic N) is 1. The highest BCUT2D eigenvalue weighted by atomic mass is 19.1. The van der Waals surface area contributed by atoms with Crippen LogP contribution in [0.3, 0.4) is 0 Å². The molecule has 0 amide bonds. The van der Waals surface area contributed by atoms with Crippen molar-refractivity contribution in [2.24, 2.45) is 0 Å². The van der Waals surface area contributed by atoms with Crippen LogP contribution >= 0.6 is 0 Å². The second kappa shape index (κ2) is 5.47. The zero-order chi connectivity index (χ0) is 11.3. The fraction of sp³-hybridized carbons (Fsp3) is 0.417. The lowest BCUT2D eigenvalue weighted by Gasteiger charge is -2.18.